The molecule has 0 spiro atoms. The summed E-state index contributed by atoms with van der Waals surface area (Å²) in [6, 6.07) is 15.0. The summed E-state index contributed by atoms with van der Waals surface area (Å²) in [5.74, 6) is 6.73. The highest BCUT2D eigenvalue weighted by molar-refractivity contribution is 5.97. The summed E-state index contributed by atoms with van der Waals surface area (Å²) in [5.41, 5.74) is 2.23. The predicted molar refractivity (Wildman–Crippen MR) is 75.4 cm³/mol. The third-order valence-corrected chi connectivity index (χ3v) is 2.72. The monoisotopic (exact) mass is 250 g/mol. The van der Waals surface area contributed by atoms with E-state index < -0.39 is 0 Å². The summed E-state index contributed by atoms with van der Waals surface area (Å²) < 4.78 is 5.12. The standard InChI is InChI=1S/C17H14O2/c1-13(18)17-12-16(19-2)11-10-15(17)9-8-14-6-4-3-5-7-14/h3-7,10-12H,1-2H3. The van der Waals surface area contributed by atoms with Crippen molar-refractivity contribution in [1.82, 2.24) is 0 Å². The van der Waals surface area contributed by atoms with Gasteiger partial charge in [-0.15, -0.1) is 0 Å². The minimum Gasteiger partial charge on any atom is -0.497 e. The SMILES string of the molecule is COc1ccc(C#Cc2ccccc2)c(C(C)=O)c1. The molecule has 2 aromatic rings. The van der Waals surface area contributed by atoms with Crippen LogP contribution in [0.25, 0.3) is 0 Å². The Kier molecular flexibility index (Phi) is 4.00. The molecular formula is C17H14O2. The van der Waals surface area contributed by atoms with Crippen molar-refractivity contribution in [3.63, 3.8) is 0 Å². The van der Waals surface area contributed by atoms with Gasteiger partial charge in [-0.05, 0) is 37.3 Å². The van der Waals surface area contributed by atoms with Crippen LogP contribution in [0.4, 0.5) is 0 Å². The topological polar surface area (TPSA) is 26.3 Å². The van der Waals surface area contributed by atoms with Gasteiger partial charge in [0.15, 0.2) is 5.78 Å². The molecule has 19 heavy (non-hydrogen) atoms. The zero-order valence-corrected chi connectivity index (χ0v) is 10.9. The van der Waals surface area contributed by atoms with Gasteiger partial charge in [0, 0.05) is 16.7 Å². The van der Waals surface area contributed by atoms with Crippen molar-refractivity contribution in [1.29, 1.82) is 0 Å². The van der Waals surface area contributed by atoms with E-state index in [0.29, 0.717) is 11.3 Å². The summed E-state index contributed by atoms with van der Waals surface area (Å²) in [4.78, 5) is 11.6. The third kappa shape index (κ3) is 3.23. The Bertz CT molecular complexity index is 646. The van der Waals surface area contributed by atoms with Crippen LogP contribution in [0, 0.1) is 11.8 Å². The van der Waals surface area contributed by atoms with Crippen LogP contribution < -0.4 is 4.74 Å². The van der Waals surface area contributed by atoms with Crippen molar-refractivity contribution in [2.75, 3.05) is 7.11 Å². The number of carbonyl (C=O) groups is 1. The van der Waals surface area contributed by atoms with Crippen LogP contribution in [0.1, 0.15) is 28.4 Å². The van der Waals surface area contributed by atoms with Crippen molar-refractivity contribution in [2.45, 2.75) is 6.92 Å². The van der Waals surface area contributed by atoms with Gasteiger partial charge in [-0.3, -0.25) is 4.79 Å². The molecule has 0 bridgehead atoms. The minimum absolute atomic E-state index is 0.0174. The zero-order chi connectivity index (χ0) is 13.7. The predicted octanol–water partition coefficient (Wildman–Crippen LogP) is 3.30. The second-order valence-electron chi connectivity index (χ2n) is 4.08. The van der Waals surface area contributed by atoms with E-state index in [2.05, 4.69) is 11.8 Å². The lowest BCUT2D eigenvalue weighted by atomic mass is 10.0. The first-order valence-corrected chi connectivity index (χ1v) is 5.97. The Morgan fingerprint density at radius 2 is 1.79 bits per heavy atom. The van der Waals surface area contributed by atoms with Gasteiger partial charge < -0.3 is 4.74 Å². The van der Waals surface area contributed by atoms with E-state index in [1.807, 2.05) is 36.4 Å². The lowest BCUT2D eigenvalue weighted by Crippen LogP contribution is -1.97. The molecule has 0 amide bonds. The van der Waals surface area contributed by atoms with E-state index in [4.69, 9.17) is 4.74 Å². The summed E-state index contributed by atoms with van der Waals surface area (Å²) in [5, 5.41) is 0. The van der Waals surface area contributed by atoms with Crippen molar-refractivity contribution >= 4 is 5.78 Å². The van der Waals surface area contributed by atoms with E-state index in [-0.39, 0.29) is 5.78 Å². The molecule has 2 aromatic carbocycles. The number of hydrogen-bond acceptors (Lipinski definition) is 2. The quantitative estimate of drug-likeness (QED) is 0.604. The fourth-order valence-corrected chi connectivity index (χ4v) is 1.71. The molecule has 0 fully saturated rings. The Morgan fingerprint density at radius 3 is 2.42 bits per heavy atom. The molecule has 0 atom stereocenters. The Morgan fingerprint density at radius 1 is 1.05 bits per heavy atom. The highest BCUT2D eigenvalue weighted by Crippen LogP contribution is 2.17. The van der Waals surface area contributed by atoms with E-state index in [1.165, 1.54) is 6.92 Å². The molecule has 0 radical (unpaired) electrons. The molecule has 0 saturated carbocycles. The van der Waals surface area contributed by atoms with Crippen LogP contribution in [0.15, 0.2) is 48.5 Å². The number of ketones is 1. The second-order valence-corrected chi connectivity index (χ2v) is 4.08. The fraction of sp³-hybridized carbons (Fsp3) is 0.118. The number of benzene rings is 2. The highest BCUT2D eigenvalue weighted by Gasteiger charge is 2.06. The van der Waals surface area contributed by atoms with Crippen molar-refractivity contribution < 1.29 is 9.53 Å². The lowest BCUT2D eigenvalue weighted by Gasteiger charge is -2.04. The Balaban J connectivity index is 2.41. The smallest absolute Gasteiger partial charge is 0.161 e. The molecule has 0 aliphatic heterocycles. The van der Waals surface area contributed by atoms with Crippen molar-refractivity contribution in [3.05, 3.63) is 65.2 Å². The van der Waals surface area contributed by atoms with Gasteiger partial charge in [0.1, 0.15) is 5.75 Å². The van der Waals surface area contributed by atoms with Crippen LogP contribution in [0.3, 0.4) is 0 Å². The zero-order valence-electron chi connectivity index (χ0n) is 10.9. The molecule has 2 rings (SSSR count). The van der Waals surface area contributed by atoms with Gasteiger partial charge in [-0.2, -0.15) is 0 Å². The average molecular weight is 250 g/mol. The molecule has 94 valence electrons. The summed E-state index contributed by atoms with van der Waals surface area (Å²) in [7, 11) is 1.58. The van der Waals surface area contributed by atoms with Gasteiger partial charge in [-0.1, -0.05) is 30.0 Å². The molecule has 0 heterocycles. The van der Waals surface area contributed by atoms with Crippen molar-refractivity contribution in [3.8, 4) is 17.6 Å². The van der Waals surface area contributed by atoms with Crippen LogP contribution in [-0.4, -0.2) is 12.9 Å². The van der Waals surface area contributed by atoms with Gasteiger partial charge in [0.2, 0.25) is 0 Å². The fourth-order valence-electron chi connectivity index (χ4n) is 1.71. The van der Waals surface area contributed by atoms with E-state index >= 15 is 0 Å². The largest absolute Gasteiger partial charge is 0.497 e. The van der Waals surface area contributed by atoms with Crippen LogP contribution >= 0.6 is 0 Å². The highest BCUT2D eigenvalue weighted by atomic mass is 16.5. The molecule has 0 aliphatic carbocycles. The summed E-state index contributed by atoms with van der Waals surface area (Å²) in [6.45, 7) is 1.53. The third-order valence-electron chi connectivity index (χ3n) is 2.72. The molecule has 2 heteroatoms. The number of hydrogen-bond donors (Lipinski definition) is 0. The minimum atomic E-state index is -0.0174. The Labute approximate surface area is 113 Å². The molecule has 0 unspecified atom stereocenters. The van der Waals surface area contributed by atoms with E-state index in [9.17, 15) is 4.79 Å². The maximum Gasteiger partial charge on any atom is 0.161 e. The second kappa shape index (κ2) is 5.88. The molecule has 0 aromatic heterocycles. The normalized spacial score (nSPS) is 9.37. The summed E-state index contributed by atoms with van der Waals surface area (Å²) >= 11 is 0. The van der Waals surface area contributed by atoms with Crippen LogP contribution in [0.2, 0.25) is 0 Å². The molecular weight excluding hydrogens is 236 g/mol. The molecule has 0 N–H and O–H groups in total. The van der Waals surface area contributed by atoms with Gasteiger partial charge in [0.05, 0.1) is 7.11 Å². The van der Waals surface area contributed by atoms with Gasteiger partial charge in [0.25, 0.3) is 0 Å². The first kappa shape index (κ1) is 12.9. The van der Waals surface area contributed by atoms with Crippen LogP contribution in [-0.2, 0) is 0 Å². The maximum atomic E-state index is 11.6. The Hall–Kier alpha value is -2.53. The lowest BCUT2D eigenvalue weighted by molar-refractivity contribution is 0.101. The number of Topliss-reactive ketones (excluding diaryl/α,β-unsaturated/α-hetero) is 1. The molecule has 0 saturated heterocycles. The van der Waals surface area contributed by atoms with Gasteiger partial charge in [-0.25, -0.2) is 0 Å². The number of carbonyl (C=O) groups excluding carboxylic acids is 1. The first-order chi connectivity index (χ1) is 9.20. The number of ether oxygens (including phenoxy) is 1. The van der Waals surface area contributed by atoms with E-state index in [1.54, 1.807) is 19.2 Å². The van der Waals surface area contributed by atoms with Crippen LogP contribution in [0.5, 0.6) is 5.75 Å². The first-order valence-electron chi connectivity index (χ1n) is 5.97. The molecule has 0 aliphatic rings. The summed E-state index contributed by atoms with van der Waals surface area (Å²) in [6.07, 6.45) is 0. The van der Waals surface area contributed by atoms with Gasteiger partial charge >= 0.3 is 0 Å². The van der Waals surface area contributed by atoms with Crippen molar-refractivity contribution in [2.24, 2.45) is 0 Å². The molecule has 2 nitrogen and oxygen atoms in total. The maximum absolute atomic E-state index is 11.6. The number of rotatable bonds is 2. The average Bonchev–Trinajstić information content (AvgIpc) is 2.46. The number of methoxy groups -OCH3 is 1. The van der Waals surface area contributed by atoms with E-state index in [0.717, 1.165) is 11.1 Å².